The van der Waals surface area contributed by atoms with Crippen LogP contribution in [0.1, 0.15) is 0 Å². The highest BCUT2D eigenvalue weighted by atomic mass is 15.0. The van der Waals surface area contributed by atoms with Gasteiger partial charge in [0.15, 0.2) is 17.5 Å². The van der Waals surface area contributed by atoms with E-state index in [1.807, 2.05) is 18.2 Å². The average Bonchev–Trinajstić information content (AvgIpc) is 3.85. The first-order valence-electron chi connectivity index (χ1n) is 21.0. The Balaban J connectivity index is 1.08. The molecule has 0 aliphatic carbocycles. The number of aromatic nitrogens is 5. The normalized spacial score (nSPS) is 11.9. The zero-order valence-corrected chi connectivity index (χ0v) is 33.4. The van der Waals surface area contributed by atoms with E-state index in [2.05, 4.69) is 203 Å². The number of nitrogens with zero attached hydrogens (tertiary/aromatic N) is 5. The van der Waals surface area contributed by atoms with Crippen molar-refractivity contribution in [1.82, 2.24) is 24.1 Å². The highest BCUT2D eigenvalue weighted by Gasteiger charge is 2.22. The molecule has 0 bridgehead atoms. The fourth-order valence-electron chi connectivity index (χ4n) is 9.71. The first kappa shape index (κ1) is 34.5. The molecule has 0 aliphatic rings. The van der Waals surface area contributed by atoms with Gasteiger partial charge in [0.2, 0.25) is 0 Å². The standard InChI is InChI=1S/C57H35N5/c1-2-16-37(17-3-1)55-58-56(41-30-29-36-15-4-5-18-38(36)33-41)60-57(59-55)46-31-32-50(43-22-9-8-21-42(43)46)62-52-28-14-27-51(54(52)47-34-39-19-6-7-20-40(39)35-53(47)62)61-48-25-12-10-23-44(48)45-24-11-13-26-49(45)61/h1-35H. The van der Waals surface area contributed by atoms with Crippen LogP contribution in [-0.2, 0) is 0 Å². The lowest BCUT2D eigenvalue weighted by molar-refractivity contribution is 1.08. The summed E-state index contributed by atoms with van der Waals surface area (Å²) >= 11 is 0. The smallest absolute Gasteiger partial charge is 0.164 e. The first-order valence-corrected chi connectivity index (χ1v) is 21.0. The van der Waals surface area contributed by atoms with E-state index < -0.39 is 0 Å². The van der Waals surface area contributed by atoms with Crippen molar-refractivity contribution < 1.29 is 0 Å². The fourth-order valence-corrected chi connectivity index (χ4v) is 9.71. The number of hydrogen-bond acceptors (Lipinski definition) is 3. The number of fused-ring (bicyclic) bond motifs is 9. The Morgan fingerprint density at radius 2 is 0.823 bits per heavy atom. The van der Waals surface area contributed by atoms with Gasteiger partial charge in [-0.1, -0.05) is 158 Å². The summed E-state index contributed by atoms with van der Waals surface area (Å²) in [6, 6.07) is 75.8. The third-order valence-corrected chi connectivity index (χ3v) is 12.5. The summed E-state index contributed by atoms with van der Waals surface area (Å²) < 4.78 is 4.91. The van der Waals surface area contributed by atoms with Crippen LogP contribution in [0, 0.1) is 0 Å². The minimum Gasteiger partial charge on any atom is -0.309 e. The molecule has 0 N–H and O–H groups in total. The Morgan fingerprint density at radius 1 is 0.274 bits per heavy atom. The molecule has 0 atom stereocenters. The lowest BCUT2D eigenvalue weighted by Gasteiger charge is -2.16. The van der Waals surface area contributed by atoms with Gasteiger partial charge in [-0.15, -0.1) is 0 Å². The minimum atomic E-state index is 0.631. The Bertz CT molecular complexity index is 3880. The summed E-state index contributed by atoms with van der Waals surface area (Å²) in [4.78, 5) is 15.5. The maximum atomic E-state index is 5.24. The molecule has 0 saturated heterocycles. The van der Waals surface area contributed by atoms with Gasteiger partial charge in [-0.05, 0) is 81.5 Å². The van der Waals surface area contributed by atoms with Gasteiger partial charge >= 0.3 is 0 Å². The topological polar surface area (TPSA) is 48.5 Å². The maximum Gasteiger partial charge on any atom is 0.164 e. The van der Waals surface area contributed by atoms with E-state index in [1.165, 1.54) is 48.7 Å². The molecular weight excluding hydrogens is 755 g/mol. The summed E-state index contributed by atoms with van der Waals surface area (Å²) in [6.07, 6.45) is 0. The molecule has 13 aromatic rings. The molecule has 0 fully saturated rings. The van der Waals surface area contributed by atoms with Crippen LogP contribution in [0.3, 0.4) is 0 Å². The second kappa shape index (κ2) is 13.6. The van der Waals surface area contributed by atoms with Crippen molar-refractivity contribution in [3.8, 4) is 45.5 Å². The van der Waals surface area contributed by atoms with Gasteiger partial charge in [-0.2, -0.15) is 0 Å². The van der Waals surface area contributed by atoms with Crippen LogP contribution in [0.2, 0.25) is 0 Å². The second-order valence-electron chi connectivity index (χ2n) is 16.0. The van der Waals surface area contributed by atoms with Crippen LogP contribution < -0.4 is 0 Å². The van der Waals surface area contributed by atoms with Crippen molar-refractivity contribution in [3.63, 3.8) is 0 Å². The highest BCUT2D eigenvalue weighted by Crippen LogP contribution is 2.43. The van der Waals surface area contributed by atoms with E-state index >= 15 is 0 Å². The van der Waals surface area contributed by atoms with E-state index in [0.717, 1.165) is 55.3 Å². The zero-order chi connectivity index (χ0) is 40.7. The average molecular weight is 790 g/mol. The third-order valence-electron chi connectivity index (χ3n) is 12.5. The summed E-state index contributed by atoms with van der Waals surface area (Å²) in [5.74, 6) is 1.91. The minimum absolute atomic E-state index is 0.631. The highest BCUT2D eigenvalue weighted by molar-refractivity contribution is 6.19. The molecule has 0 amide bonds. The third kappa shape index (κ3) is 5.25. The largest absolute Gasteiger partial charge is 0.309 e. The monoisotopic (exact) mass is 789 g/mol. The molecule has 0 spiro atoms. The van der Waals surface area contributed by atoms with Gasteiger partial charge in [0.05, 0.1) is 33.4 Å². The molecule has 0 aliphatic heterocycles. The van der Waals surface area contributed by atoms with E-state index in [-0.39, 0.29) is 0 Å². The molecule has 5 heteroatoms. The number of rotatable bonds is 5. The van der Waals surface area contributed by atoms with Gasteiger partial charge in [-0.3, -0.25) is 0 Å². The molecule has 0 radical (unpaired) electrons. The Labute approximate surface area is 356 Å². The van der Waals surface area contributed by atoms with Crippen molar-refractivity contribution in [3.05, 3.63) is 212 Å². The quantitative estimate of drug-likeness (QED) is 0.174. The molecule has 13 rings (SSSR count). The fraction of sp³-hybridized carbons (Fsp3) is 0. The summed E-state index contributed by atoms with van der Waals surface area (Å²) in [5, 5.41) is 11.8. The molecule has 0 unspecified atom stereocenters. The summed E-state index contributed by atoms with van der Waals surface area (Å²) in [5.41, 5.74) is 9.74. The zero-order valence-electron chi connectivity index (χ0n) is 33.4. The van der Waals surface area contributed by atoms with E-state index in [0.29, 0.717) is 17.5 Å². The van der Waals surface area contributed by atoms with E-state index in [4.69, 9.17) is 15.0 Å². The summed E-state index contributed by atoms with van der Waals surface area (Å²) in [6.45, 7) is 0. The van der Waals surface area contributed by atoms with Crippen molar-refractivity contribution in [2.75, 3.05) is 0 Å². The van der Waals surface area contributed by atoms with Crippen molar-refractivity contribution in [2.24, 2.45) is 0 Å². The first-order chi connectivity index (χ1) is 30.7. The molecule has 5 nitrogen and oxygen atoms in total. The van der Waals surface area contributed by atoms with Gasteiger partial charge in [0, 0.05) is 43.6 Å². The van der Waals surface area contributed by atoms with Crippen LogP contribution >= 0.6 is 0 Å². The van der Waals surface area contributed by atoms with Gasteiger partial charge in [0.1, 0.15) is 0 Å². The van der Waals surface area contributed by atoms with Crippen molar-refractivity contribution in [2.45, 2.75) is 0 Å². The molecule has 10 aromatic carbocycles. The van der Waals surface area contributed by atoms with Crippen molar-refractivity contribution in [1.29, 1.82) is 0 Å². The molecule has 3 aromatic heterocycles. The Kier molecular flexibility index (Phi) is 7.54. The van der Waals surface area contributed by atoms with E-state index in [9.17, 15) is 0 Å². The SMILES string of the molecule is c1ccc(-c2nc(-c3ccc4ccccc4c3)nc(-c3ccc(-n4c5cc6ccccc6cc5c5c(-n6c7ccccc7c7ccccc76)cccc54)c4ccccc34)n2)cc1. The lowest BCUT2D eigenvalue weighted by Crippen LogP contribution is -2.02. The van der Waals surface area contributed by atoms with Crippen LogP contribution in [0.4, 0.5) is 0 Å². The summed E-state index contributed by atoms with van der Waals surface area (Å²) in [7, 11) is 0. The van der Waals surface area contributed by atoms with Crippen LogP contribution in [0.15, 0.2) is 212 Å². The van der Waals surface area contributed by atoms with Crippen LogP contribution in [0.5, 0.6) is 0 Å². The van der Waals surface area contributed by atoms with Gasteiger partial charge in [0.25, 0.3) is 0 Å². The number of benzene rings is 10. The van der Waals surface area contributed by atoms with E-state index in [1.54, 1.807) is 0 Å². The van der Waals surface area contributed by atoms with Gasteiger partial charge < -0.3 is 9.13 Å². The molecule has 0 saturated carbocycles. The van der Waals surface area contributed by atoms with Crippen LogP contribution in [-0.4, -0.2) is 24.1 Å². The molecule has 288 valence electrons. The number of para-hydroxylation sites is 2. The molecule has 3 heterocycles. The van der Waals surface area contributed by atoms with Gasteiger partial charge in [-0.25, -0.2) is 15.0 Å². The van der Waals surface area contributed by atoms with Crippen molar-refractivity contribution >= 4 is 75.9 Å². The van der Waals surface area contributed by atoms with Crippen LogP contribution in [0.25, 0.3) is 121 Å². The molecular formula is C57H35N5. The number of hydrogen-bond donors (Lipinski definition) is 0. The predicted octanol–water partition coefficient (Wildman–Crippen LogP) is 14.5. The molecule has 62 heavy (non-hydrogen) atoms. The maximum absolute atomic E-state index is 5.24. The lowest BCUT2D eigenvalue weighted by atomic mass is 10.0. The predicted molar refractivity (Wildman–Crippen MR) is 257 cm³/mol. The second-order valence-corrected chi connectivity index (χ2v) is 16.0. The Morgan fingerprint density at radius 3 is 1.56 bits per heavy atom. The Hall–Kier alpha value is -8.41.